The Morgan fingerprint density at radius 2 is 1.44 bits per heavy atom. The Bertz CT molecular complexity index is 251. The fraction of sp³-hybridized carbons (Fsp3) is 0.889. The standard InChI is InChI=1S/C18H34/c1-17(2,3)14-8-7-9-15-10-12-16(13-11-15)18(4,5)6/h7,9,15-16H,8,10-14H2,1-6H3/b9-7+. The van der Waals surface area contributed by atoms with E-state index in [0.29, 0.717) is 10.8 Å². The lowest BCUT2D eigenvalue weighted by molar-refractivity contribution is 0.163. The molecule has 1 rings (SSSR count). The predicted molar refractivity (Wildman–Crippen MR) is 82.7 cm³/mol. The molecule has 0 aromatic rings. The number of hydrogen-bond acceptors (Lipinski definition) is 0. The van der Waals surface area contributed by atoms with Gasteiger partial charge in [0.05, 0.1) is 0 Å². The first-order valence-corrected chi connectivity index (χ1v) is 7.85. The molecular weight excluding hydrogens is 216 g/mol. The molecule has 0 bridgehead atoms. The molecular formula is C18H34. The van der Waals surface area contributed by atoms with Crippen molar-refractivity contribution in [1.82, 2.24) is 0 Å². The van der Waals surface area contributed by atoms with E-state index in [2.05, 4.69) is 53.7 Å². The lowest BCUT2D eigenvalue weighted by atomic mass is 9.70. The van der Waals surface area contributed by atoms with Gasteiger partial charge in [0, 0.05) is 0 Å². The van der Waals surface area contributed by atoms with Crippen LogP contribution in [0.25, 0.3) is 0 Å². The van der Waals surface area contributed by atoms with Gasteiger partial charge in [-0.3, -0.25) is 0 Å². The van der Waals surface area contributed by atoms with Gasteiger partial charge in [-0.05, 0) is 61.2 Å². The molecule has 1 aliphatic carbocycles. The van der Waals surface area contributed by atoms with Crippen LogP contribution in [0.2, 0.25) is 0 Å². The van der Waals surface area contributed by atoms with E-state index in [4.69, 9.17) is 0 Å². The van der Waals surface area contributed by atoms with E-state index in [0.717, 1.165) is 11.8 Å². The molecule has 0 radical (unpaired) electrons. The minimum atomic E-state index is 0.480. The highest BCUT2D eigenvalue weighted by molar-refractivity contribution is 4.93. The summed E-state index contributed by atoms with van der Waals surface area (Å²) in [5.41, 5.74) is 0.995. The second-order valence-corrected chi connectivity index (χ2v) is 8.51. The van der Waals surface area contributed by atoms with Crippen molar-refractivity contribution < 1.29 is 0 Å². The summed E-state index contributed by atoms with van der Waals surface area (Å²) in [7, 11) is 0. The molecule has 0 atom stereocenters. The molecule has 0 heterocycles. The van der Waals surface area contributed by atoms with E-state index >= 15 is 0 Å². The Kier molecular flexibility index (Phi) is 5.49. The minimum Gasteiger partial charge on any atom is -0.0882 e. The zero-order valence-electron chi connectivity index (χ0n) is 13.6. The van der Waals surface area contributed by atoms with Crippen LogP contribution in [0, 0.1) is 22.7 Å². The van der Waals surface area contributed by atoms with Crippen molar-refractivity contribution in [3.63, 3.8) is 0 Å². The highest BCUT2D eigenvalue weighted by atomic mass is 14.3. The summed E-state index contributed by atoms with van der Waals surface area (Å²) < 4.78 is 0. The highest BCUT2D eigenvalue weighted by Crippen LogP contribution is 2.40. The summed E-state index contributed by atoms with van der Waals surface area (Å²) in [4.78, 5) is 0. The van der Waals surface area contributed by atoms with Gasteiger partial charge in [0.2, 0.25) is 0 Å². The summed E-state index contributed by atoms with van der Waals surface area (Å²) in [6.45, 7) is 14.2. The molecule has 1 saturated carbocycles. The largest absolute Gasteiger partial charge is 0.0882 e. The zero-order chi connectivity index (χ0) is 13.8. The topological polar surface area (TPSA) is 0 Å². The van der Waals surface area contributed by atoms with E-state index in [1.54, 1.807) is 0 Å². The zero-order valence-corrected chi connectivity index (χ0v) is 13.6. The molecule has 0 aromatic carbocycles. The molecule has 1 aliphatic rings. The van der Waals surface area contributed by atoms with Crippen LogP contribution in [-0.2, 0) is 0 Å². The van der Waals surface area contributed by atoms with Crippen LogP contribution < -0.4 is 0 Å². The molecule has 0 N–H and O–H groups in total. The molecule has 1 fully saturated rings. The smallest absolute Gasteiger partial charge is 0.0233 e. The third-order valence-electron chi connectivity index (χ3n) is 4.47. The van der Waals surface area contributed by atoms with Crippen LogP contribution in [0.4, 0.5) is 0 Å². The molecule has 0 saturated heterocycles. The van der Waals surface area contributed by atoms with Gasteiger partial charge in [0.1, 0.15) is 0 Å². The minimum absolute atomic E-state index is 0.480. The first-order chi connectivity index (χ1) is 8.18. The molecule has 0 spiro atoms. The Balaban J connectivity index is 2.25. The Morgan fingerprint density at radius 3 is 1.89 bits per heavy atom. The van der Waals surface area contributed by atoms with Crippen LogP contribution in [0.15, 0.2) is 12.2 Å². The summed E-state index contributed by atoms with van der Waals surface area (Å²) in [6, 6.07) is 0. The monoisotopic (exact) mass is 250 g/mol. The molecule has 106 valence electrons. The van der Waals surface area contributed by atoms with Crippen LogP contribution >= 0.6 is 0 Å². The van der Waals surface area contributed by atoms with Gasteiger partial charge in [-0.15, -0.1) is 0 Å². The van der Waals surface area contributed by atoms with Crippen molar-refractivity contribution in [3.05, 3.63) is 12.2 Å². The van der Waals surface area contributed by atoms with E-state index in [1.807, 2.05) is 0 Å². The summed E-state index contributed by atoms with van der Waals surface area (Å²) in [5.74, 6) is 1.81. The number of hydrogen-bond donors (Lipinski definition) is 0. The normalized spacial score (nSPS) is 26.8. The molecule has 0 nitrogen and oxygen atoms in total. The molecule has 0 unspecified atom stereocenters. The van der Waals surface area contributed by atoms with Crippen molar-refractivity contribution in [1.29, 1.82) is 0 Å². The van der Waals surface area contributed by atoms with E-state index in [1.165, 1.54) is 38.5 Å². The first-order valence-electron chi connectivity index (χ1n) is 7.85. The van der Waals surface area contributed by atoms with Gasteiger partial charge in [-0.25, -0.2) is 0 Å². The Morgan fingerprint density at radius 1 is 0.889 bits per heavy atom. The number of allylic oxidation sites excluding steroid dienone is 2. The Hall–Kier alpha value is -0.260. The Labute approximate surface area is 115 Å². The lowest BCUT2D eigenvalue weighted by Gasteiger charge is -2.36. The second kappa shape index (κ2) is 6.26. The van der Waals surface area contributed by atoms with Crippen LogP contribution in [0.1, 0.15) is 80.1 Å². The molecule has 0 aromatic heterocycles. The van der Waals surface area contributed by atoms with Crippen LogP contribution in [-0.4, -0.2) is 0 Å². The summed E-state index contributed by atoms with van der Waals surface area (Å²) in [5, 5.41) is 0. The van der Waals surface area contributed by atoms with E-state index in [-0.39, 0.29) is 0 Å². The van der Waals surface area contributed by atoms with Crippen molar-refractivity contribution in [2.75, 3.05) is 0 Å². The quantitative estimate of drug-likeness (QED) is 0.521. The average molecular weight is 250 g/mol. The molecule has 0 heteroatoms. The van der Waals surface area contributed by atoms with E-state index in [9.17, 15) is 0 Å². The third-order valence-corrected chi connectivity index (χ3v) is 4.47. The third kappa shape index (κ3) is 6.07. The van der Waals surface area contributed by atoms with Crippen molar-refractivity contribution in [3.8, 4) is 0 Å². The molecule has 18 heavy (non-hydrogen) atoms. The molecule has 0 aliphatic heterocycles. The maximum absolute atomic E-state index is 2.50. The van der Waals surface area contributed by atoms with Crippen LogP contribution in [0.3, 0.4) is 0 Å². The van der Waals surface area contributed by atoms with E-state index < -0.39 is 0 Å². The maximum Gasteiger partial charge on any atom is -0.0233 e. The molecule has 0 amide bonds. The van der Waals surface area contributed by atoms with Crippen LogP contribution in [0.5, 0.6) is 0 Å². The number of rotatable bonds is 3. The second-order valence-electron chi connectivity index (χ2n) is 8.51. The van der Waals surface area contributed by atoms with Gasteiger partial charge < -0.3 is 0 Å². The van der Waals surface area contributed by atoms with Gasteiger partial charge in [0.25, 0.3) is 0 Å². The lowest BCUT2D eigenvalue weighted by Crippen LogP contribution is -2.25. The van der Waals surface area contributed by atoms with Crippen molar-refractivity contribution >= 4 is 0 Å². The average Bonchev–Trinajstić information content (AvgIpc) is 2.22. The van der Waals surface area contributed by atoms with Gasteiger partial charge >= 0.3 is 0 Å². The van der Waals surface area contributed by atoms with Gasteiger partial charge in [-0.1, -0.05) is 53.7 Å². The fourth-order valence-corrected chi connectivity index (χ4v) is 2.98. The summed E-state index contributed by atoms with van der Waals surface area (Å²) >= 11 is 0. The van der Waals surface area contributed by atoms with Gasteiger partial charge in [0.15, 0.2) is 0 Å². The van der Waals surface area contributed by atoms with Crippen molar-refractivity contribution in [2.24, 2.45) is 22.7 Å². The van der Waals surface area contributed by atoms with Gasteiger partial charge in [-0.2, -0.15) is 0 Å². The summed E-state index contributed by atoms with van der Waals surface area (Å²) in [6.07, 6.45) is 13.2. The predicted octanol–water partition coefficient (Wildman–Crippen LogP) is 6.22. The SMILES string of the molecule is CC(C)(C)CC/C=C/C1CCC(C(C)(C)C)CC1. The first kappa shape index (κ1) is 15.8. The fourth-order valence-electron chi connectivity index (χ4n) is 2.98. The maximum atomic E-state index is 2.50. The van der Waals surface area contributed by atoms with Crippen molar-refractivity contribution in [2.45, 2.75) is 80.1 Å². The highest BCUT2D eigenvalue weighted by Gasteiger charge is 2.28.